The van der Waals surface area contributed by atoms with Gasteiger partial charge in [-0.1, -0.05) is 97.1 Å². The van der Waals surface area contributed by atoms with Gasteiger partial charge in [0.2, 0.25) is 0 Å². The van der Waals surface area contributed by atoms with Crippen LogP contribution in [0.5, 0.6) is 0 Å². The van der Waals surface area contributed by atoms with E-state index in [0.29, 0.717) is 10.6 Å². The van der Waals surface area contributed by atoms with Crippen LogP contribution >= 0.6 is 11.8 Å². The first-order valence-electron chi connectivity index (χ1n) is 12.0. The fourth-order valence-electron chi connectivity index (χ4n) is 4.61. The van der Waals surface area contributed by atoms with Crippen molar-refractivity contribution in [1.82, 2.24) is 4.57 Å². The van der Waals surface area contributed by atoms with Gasteiger partial charge in [0.1, 0.15) is 0 Å². The molecule has 0 aliphatic carbocycles. The maximum Gasteiger partial charge on any atom is 0.298 e. The Hall–Kier alpha value is -4.61. The number of thioether (sulfide) groups is 1. The summed E-state index contributed by atoms with van der Waals surface area (Å²) in [5.74, 6) is -0.311. The third-order valence-electron chi connectivity index (χ3n) is 6.26. The average Bonchev–Trinajstić information content (AvgIpc) is 3.47. The second-order valence-electron chi connectivity index (χ2n) is 8.59. The highest BCUT2D eigenvalue weighted by Crippen LogP contribution is 2.40. The summed E-state index contributed by atoms with van der Waals surface area (Å²) in [6.45, 7) is 0. The van der Waals surface area contributed by atoms with Gasteiger partial charge in [-0.3, -0.25) is 9.59 Å². The Labute approximate surface area is 219 Å². The third kappa shape index (κ3) is 4.30. The van der Waals surface area contributed by atoms with Crippen LogP contribution in [0.15, 0.2) is 132 Å². The Morgan fingerprint density at radius 2 is 1.11 bits per heavy atom. The second kappa shape index (κ2) is 9.80. The van der Waals surface area contributed by atoms with Crippen LogP contribution in [-0.4, -0.2) is 15.7 Å². The molecule has 1 aliphatic heterocycles. The molecule has 0 radical (unpaired) electrons. The first-order chi connectivity index (χ1) is 18.2. The fourth-order valence-corrected chi connectivity index (χ4v) is 5.44. The zero-order chi connectivity index (χ0) is 25.2. The molecule has 4 aromatic carbocycles. The smallest absolute Gasteiger partial charge is 0.298 e. The molecule has 0 unspecified atom stereocenters. The molecule has 0 atom stereocenters. The molecular weight excluding hydrogens is 476 g/mol. The van der Waals surface area contributed by atoms with Crippen molar-refractivity contribution in [2.24, 2.45) is 0 Å². The molecule has 1 fully saturated rings. The Morgan fingerprint density at radius 1 is 0.595 bits per heavy atom. The van der Waals surface area contributed by atoms with E-state index in [2.05, 4.69) is 47.0 Å². The van der Waals surface area contributed by atoms with Crippen LogP contribution in [0.1, 0.15) is 5.56 Å². The number of imide groups is 1. The molecule has 1 aliphatic rings. The number of nitrogens with zero attached hydrogens (tertiary/aromatic N) is 2. The molecule has 1 saturated heterocycles. The van der Waals surface area contributed by atoms with E-state index >= 15 is 0 Å². The summed E-state index contributed by atoms with van der Waals surface area (Å²) >= 11 is 0.971. The number of hydrogen-bond acceptors (Lipinski definition) is 3. The molecular formula is C32H22N2O2S. The minimum Gasteiger partial charge on any atom is -0.309 e. The molecule has 4 nitrogen and oxygen atoms in total. The molecule has 2 amide bonds. The molecule has 1 aromatic heterocycles. The molecule has 0 saturated carbocycles. The predicted octanol–water partition coefficient (Wildman–Crippen LogP) is 8.05. The monoisotopic (exact) mass is 498 g/mol. The Balaban J connectivity index is 1.57. The van der Waals surface area contributed by atoms with Gasteiger partial charge >= 0.3 is 0 Å². The fraction of sp³-hybridized carbons (Fsp3) is 0. The largest absolute Gasteiger partial charge is 0.309 e. The topological polar surface area (TPSA) is 42.3 Å². The van der Waals surface area contributed by atoms with Crippen LogP contribution < -0.4 is 4.90 Å². The standard InChI is InChI=1S/C32H22N2O2S/c35-31-29(37-32(36)34(31)27-19-11-4-12-20-27)22-25-21-28(23-13-5-1-6-14-23)33(26-17-9-3-10-18-26)30(25)24-15-7-2-8-16-24/h1-22H. The molecule has 6 rings (SSSR count). The van der Waals surface area contributed by atoms with Gasteiger partial charge in [0.05, 0.1) is 22.0 Å². The molecule has 0 bridgehead atoms. The maximum absolute atomic E-state index is 13.4. The summed E-state index contributed by atoms with van der Waals surface area (Å²) in [5.41, 5.74) is 6.48. The van der Waals surface area contributed by atoms with E-state index in [1.165, 1.54) is 4.90 Å². The number of aromatic nitrogens is 1. The highest BCUT2D eigenvalue weighted by atomic mass is 32.2. The van der Waals surface area contributed by atoms with Gasteiger partial charge in [-0.2, -0.15) is 0 Å². The van der Waals surface area contributed by atoms with Crippen molar-refractivity contribution >= 4 is 34.7 Å². The number of amides is 2. The van der Waals surface area contributed by atoms with Crippen LogP contribution in [0.2, 0.25) is 0 Å². The van der Waals surface area contributed by atoms with Gasteiger partial charge < -0.3 is 4.57 Å². The SMILES string of the molecule is O=C1SC(=Cc2cc(-c3ccccc3)n(-c3ccccc3)c2-c2ccccc2)C(=O)N1c1ccccc1. The van der Waals surface area contributed by atoms with Gasteiger partial charge in [-0.15, -0.1) is 0 Å². The lowest BCUT2D eigenvalue weighted by atomic mass is 10.1. The molecule has 5 heteroatoms. The minimum atomic E-state index is -0.311. The quantitative estimate of drug-likeness (QED) is 0.230. The van der Waals surface area contributed by atoms with Crippen molar-refractivity contribution < 1.29 is 9.59 Å². The number of carbonyl (C=O) groups excluding carboxylic acids is 2. The molecule has 2 heterocycles. The van der Waals surface area contributed by atoms with Crippen LogP contribution in [0.25, 0.3) is 34.3 Å². The summed E-state index contributed by atoms with van der Waals surface area (Å²) in [6.07, 6.45) is 1.85. The summed E-state index contributed by atoms with van der Waals surface area (Å²) in [6, 6.07) is 41.7. The Morgan fingerprint density at radius 3 is 1.70 bits per heavy atom. The number of hydrogen-bond donors (Lipinski definition) is 0. The van der Waals surface area contributed by atoms with E-state index in [1.807, 2.05) is 78.9 Å². The number of carbonyl (C=O) groups is 2. The van der Waals surface area contributed by atoms with E-state index in [-0.39, 0.29) is 11.1 Å². The van der Waals surface area contributed by atoms with Crippen LogP contribution in [-0.2, 0) is 4.79 Å². The predicted molar refractivity (Wildman–Crippen MR) is 152 cm³/mol. The van der Waals surface area contributed by atoms with E-state index in [0.717, 1.165) is 45.5 Å². The number of rotatable bonds is 5. The third-order valence-corrected chi connectivity index (χ3v) is 7.13. The van der Waals surface area contributed by atoms with Crippen molar-refractivity contribution in [3.63, 3.8) is 0 Å². The van der Waals surface area contributed by atoms with Gasteiger partial charge in [0.25, 0.3) is 11.1 Å². The summed E-state index contributed by atoms with van der Waals surface area (Å²) in [5, 5.41) is -0.297. The Kier molecular flexibility index (Phi) is 6.05. The summed E-state index contributed by atoms with van der Waals surface area (Å²) in [4.78, 5) is 27.9. The highest BCUT2D eigenvalue weighted by molar-refractivity contribution is 8.19. The lowest BCUT2D eigenvalue weighted by Crippen LogP contribution is -2.27. The van der Waals surface area contributed by atoms with Crippen molar-refractivity contribution in [1.29, 1.82) is 0 Å². The zero-order valence-corrected chi connectivity index (χ0v) is 20.6. The van der Waals surface area contributed by atoms with Crippen molar-refractivity contribution in [2.75, 3.05) is 4.90 Å². The normalized spacial score (nSPS) is 14.5. The first-order valence-corrected chi connectivity index (χ1v) is 12.8. The zero-order valence-electron chi connectivity index (χ0n) is 19.8. The average molecular weight is 499 g/mol. The van der Waals surface area contributed by atoms with Gasteiger partial charge in [0, 0.05) is 11.3 Å². The lowest BCUT2D eigenvalue weighted by Gasteiger charge is -2.15. The first kappa shape index (κ1) is 22.8. The second-order valence-corrected chi connectivity index (χ2v) is 9.58. The molecule has 0 N–H and O–H groups in total. The van der Waals surface area contributed by atoms with E-state index in [4.69, 9.17) is 0 Å². The number of para-hydroxylation sites is 2. The molecule has 178 valence electrons. The molecule has 5 aromatic rings. The summed E-state index contributed by atoms with van der Waals surface area (Å²) < 4.78 is 2.22. The van der Waals surface area contributed by atoms with Crippen LogP contribution in [0, 0.1) is 0 Å². The van der Waals surface area contributed by atoms with Crippen molar-refractivity contribution in [3.8, 4) is 28.2 Å². The Bertz CT molecular complexity index is 1610. The summed E-state index contributed by atoms with van der Waals surface area (Å²) in [7, 11) is 0. The van der Waals surface area contributed by atoms with Crippen LogP contribution in [0.3, 0.4) is 0 Å². The van der Waals surface area contributed by atoms with Gasteiger partial charge in [-0.25, -0.2) is 4.90 Å². The highest BCUT2D eigenvalue weighted by Gasteiger charge is 2.36. The van der Waals surface area contributed by atoms with E-state index in [9.17, 15) is 9.59 Å². The van der Waals surface area contributed by atoms with Crippen molar-refractivity contribution in [3.05, 3.63) is 138 Å². The minimum absolute atomic E-state index is 0.297. The molecule has 0 spiro atoms. The van der Waals surface area contributed by atoms with Gasteiger partial charge in [0.15, 0.2) is 0 Å². The lowest BCUT2D eigenvalue weighted by molar-refractivity contribution is -0.113. The number of anilines is 1. The van der Waals surface area contributed by atoms with E-state index < -0.39 is 0 Å². The van der Waals surface area contributed by atoms with E-state index in [1.54, 1.807) is 12.1 Å². The molecule has 37 heavy (non-hydrogen) atoms. The maximum atomic E-state index is 13.4. The van der Waals surface area contributed by atoms with Gasteiger partial charge in [-0.05, 0) is 59.3 Å². The number of benzene rings is 4. The van der Waals surface area contributed by atoms with Crippen LogP contribution in [0.4, 0.5) is 10.5 Å². The van der Waals surface area contributed by atoms with Crippen molar-refractivity contribution in [2.45, 2.75) is 0 Å².